The number of unbranched alkanes of at least 4 members (excludes halogenated alkanes) is 3. The van der Waals surface area contributed by atoms with E-state index in [-0.39, 0.29) is 22.8 Å². The molecule has 0 aliphatic heterocycles. The lowest BCUT2D eigenvalue weighted by atomic mass is 10.0. The molecule has 0 bridgehead atoms. The van der Waals surface area contributed by atoms with Crippen molar-refractivity contribution < 1.29 is 26.3 Å². The van der Waals surface area contributed by atoms with Crippen LogP contribution in [0.5, 0.6) is 0 Å². The van der Waals surface area contributed by atoms with E-state index in [1.165, 1.54) is 29.5 Å². The molecule has 37 heavy (non-hydrogen) atoms. The SMILES string of the molecule is CCCCCCc1ccsc1-c1cc(-c2cc(C(F)(F)F)[nH]n2)nc(-c2ccc(C)cc2C(F)(F)F)n1. The lowest BCUT2D eigenvalue weighted by molar-refractivity contribution is -0.141. The third kappa shape index (κ3) is 6.20. The molecule has 1 N–H and O–H groups in total. The molecule has 3 heterocycles. The summed E-state index contributed by atoms with van der Waals surface area (Å²) in [5.41, 5.74) is -0.677. The first kappa shape index (κ1) is 26.8. The molecule has 0 saturated carbocycles. The summed E-state index contributed by atoms with van der Waals surface area (Å²) in [6.45, 7) is 3.65. The first-order valence-electron chi connectivity index (χ1n) is 11.7. The first-order valence-corrected chi connectivity index (χ1v) is 12.6. The minimum atomic E-state index is -4.68. The van der Waals surface area contributed by atoms with Crippen LogP contribution < -0.4 is 0 Å². The molecule has 0 aliphatic rings. The maximum absolute atomic E-state index is 13.9. The van der Waals surface area contributed by atoms with E-state index in [9.17, 15) is 26.3 Å². The van der Waals surface area contributed by atoms with Gasteiger partial charge in [-0.05, 0) is 55.0 Å². The molecule has 11 heteroatoms. The van der Waals surface area contributed by atoms with Gasteiger partial charge in [0.2, 0.25) is 0 Å². The van der Waals surface area contributed by atoms with Crippen molar-refractivity contribution in [2.75, 3.05) is 0 Å². The number of aromatic nitrogens is 4. The Bertz CT molecular complexity index is 1370. The molecule has 196 valence electrons. The van der Waals surface area contributed by atoms with Crippen LogP contribution in [-0.2, 0) is 18.8 Å². The van der Waals surface area contributed by atoms with Crippen LogP contribution in [0.3, 0.4) is 0 Å². The van der Waals surface area contributed by atoms with Crippen LogP contribution in [-0.4, -0.2) is 20.2 Å². The van der Waals surface area contributed by atoms with Crippen molar-refractivity contribution in [3.63, 3.8) is 0 Å². The zero-order valence-corrected chi connectivity index (χ0v) is 20.9. The molecule has 0 saturated heterocycles. The van der Waals surface area contributed by atoms with Gasteiger partial charge >= 0.3 is 12.4 Å². The molecule has 0 amide bonds. The van der Waals surface area contributed by atoms with Crippen LogP contribution in [0.1, 0.15) is 55.0 Å². The van der Waals surface area contributed by atoms with Gasteiger partial charge in [-0.15, -0.1) is 11.3 Å². The quantitative estimate of drug-likeness (QED) is 0.180. The highest BCUT2D eigenvalue weighted by Crippen LogP contribution is 2.39. The van der Waals surface area contributed by atoms with E-state index in [0.717, 1.165) is 54.7 Å². The highest BCUT2D eigenvalue weighted by molar-refractivity contribution is 7.13. The van der Waals surface area contributed by atoms with Crippen molar-refractivity contribution in [2.45, 2.75) is 58.3 Å². The summed E-state index contributed by atoms with van der Waals surface area (Å²) in [5.74, 6) is -0.235. The number of hydrogen-bond acceptors (Lipinski definition) is 4. The topological polar surface area (TPSA) is 54.5 Å². The fourth-order valence-electron chi connectivity index (χ4n) is 4.00. The Kier molecular flexibility index (Phi) is 7.72. The lowest BCUT2D eigenvalue weighted by Gasteiger charge is -2.14. The average Bonchev–Trinajstić information content (AvgIpc) is 3.51. The Labute approximate surface area is 213 Å². The Hall–Kier alpha value is -3.21. The van der Waals surface area contributed by atoms with Crippen LogP contribution in [0.2, 0.25) is 0 Å². The Balaban J connectivity index is 1.87. The monoisotopic (exact) mass is 538 g/mol. The van der Waals surface area contributed by atoms with Gasteiger partial charge in [-0.1, -0.05) is 43.9 Å². The summed E-state index contributed by atoms with van der Waals surface area (Å²) in [4.78, 5) is 9.46. The molecule has 0 fully saturated rings. The van der Waals surface area contributed by atoms with Crippen molar-refractivity contribution in [1.29, 1.82) is 0 Å². The smallest absolute Gasteiger partial charge is 0.273 e. The van der Waals surface area contributed by atoms with E-state index in [2.05, 4.69) is 22.0 Å². The van der Waals surface area contributed by atoms with Crippen LogP contribution in [0, 0.1) is 6.92 Å². The number of hydrogen-bond donors (Lipinski definition) is 1. The van der Waals surface area contributed by atoms with Gasteiger partial charge in [-0.3, -0.25) is 5.10 Å². The molecule has 0 radical (unpaired) electrons. The minimum absolute atomic E-state index is 0.00853. The zero-order valence-electron chi connectivity index (χ0n) is 20.1. The van der Waals surface area contributed by atoms with E-state index in [0.29, 0.717) is 11.3 Å². The van der Waals surface area contributed by atoms with Gasteiger partial charge in [0.1, 0.15) is 11.4 Å². The maximum Gasteiger partial charge on any atom is 0.432 e. The number of nitrogens with one attached hydrogen (secondary N) is 1. The van der Waals surface area contributed by atoms with Gasteiger partial charge in [0.15, 0.2) is 5.82 Å². The number of rotatable bonds is 8. The molecule has 4 nitrogen and oxygen atoms in total. The predicted octanol–water partition coefficient (Wildman–Crippen LogP) is 8.73. The minimum Gasteiger partial charge on any atom is -0.273 e. The summed E-state index contributed by atoms with van der Waals surface area (Å²) >= 11 is 1.38. The Morgan fingerprint density at radius 2 is 1.59 bits per heavy atom. The second-order valence-electron chi connectivity index (χ2n) is 8.76. The second-order valence-corrected chi connectivity index (χ2v) is 9.68. The van der Waals surface area contributed by atoms with E-state index in [1.807, 2.05) is 16.5 Å². The summed E-state index contributed by atoms with van der Waals surface area (Å²) in [5, 5.41) is 7.54. The van der Waals surface area contributed by atoms with Gasteiger partial charge in [0.05, 0.1) is 21.8 Å². The molecule has 4 rings (SSSR count). The number of H-pyrrole nitrogens is 1. The molecule has 0 aliphatic carbocycles. The molecular formula is C26H24F6N4S. The number of benzene rings is 1. The number of alkyl halides is 6. The first-order chi connectivity index (χ1) is 17.5. The molecule has 3 aromatic heterocycles. The fourth-order valence-corrected chi connectivity index (χ4v) is 4.92. The van der Waals surface area contributed by atoms with Crippen molar-refractivity contribution in [3.05, 3.63) is 64.2 Å². The zero-order chi connectivity index (χ0) is 26.8. The highest BCUT2D eigenvalue weighted by Gasteiger charge is 2.35. The summed E-state index contributed by atoms with van der Waals surface area (Å²) < 4.78 is 81.3. The van der Waals surface area contributed by atoms with E-state index >= 15 is 0 Å². The van der Waals surface area contributed by atoms with Crippen LogP contribution >= 0.6 is 11.3 Å². The summed E-state index contributed by atoms with van der Waals surface area (Å²) in [7, 11) is 0. The van der Waals surface area contributed by atoms with Gasteiger partial charge in [-0.25, -0.2) is 9.97 Å². The van der Waals surface area contributed by atoms with Crippen LogP contribution in [0.15, 0.2) is 41.8 Å². The van der Waals surface area contributed by atoms with Crippen molar-refractivity contribution in [2.24, 2.45) is 0 Å². The van der Waals surface area contributed by atoms with E-state index in [4.69, 9.17) is 0 Å². The van der Waals surface area contributed by atoms with E-state index in [1.54, 1.807) is 6.92 Å². The van der Waals surface area contributed by atoms with Gasteiger partial charge in [0, 0.05) is 5.56 Å². The average molecular weight is 539 g/mol. The number of aromatic amines is 1. The third-order valence-corrected chi connectivity index (χ3v) is 6.85. The molecule has 0 atom stereocenters. The Morgan fingerprint density at radius 1 is 0.838 bits per heavy atom. The molecular weight excluding hydrogens is 514 g/mol. The Morgan fingerprint density at radius 3 is 2.27 bits per heavy atom. The van der Waals surface area contributed by atoms with Crippen LogP contribution in [0.25, 0.3) is 33.3 Å². The number of halogens is 6. The third-order valence-electron chi connectivity index (χ3n) is 5.87. The number of aryl methyl sites for hydroxylation is 2. The molecule has 0 unspecified atom stereocenters. The van der Waals surface area contributed by atoms with Crippen molar-refractivity contribution in [1.82, 2.24) is 20.2 Å². The largest absolute Gasteiger partial charge is 0.432 e. The fraction of sp³-hybridized carbons (Fsp3) is 0.346. The van der Waals surface area contributed by atoms with Gasteiger partial charge < -0.3 is 0 Å². The normalized spacial score (nSPS) is 12.3. The number of nitrogens with zero attached hydrogens (tertiary/aromatic N) is 3. The molecule has 4 aromatic rings. The summed E-state index contributed by atoms with van der Waals surface area (Å²) in [6.07, 6.45) is -4.43. The van der Waals surface area contributed by atoms with Crippen molar-refractivity contribution >= 4 is 11.3 Å². The van der Waals surface area contributed by atoms with Gasteiger partial charge in [0.25, 0.3) is 0 Å². The summed E-state index contributed by atoms with van der Waals surface area (Å²) in [6, 6.07) is 8.01. The second kappa shape index (κ2) is 10.6. The van der Waals surface area contributed by atoms with Gasteiger partial charge in [-0.2, -0.15) is 31.4 Å². The maximum atomic E-state index is 13.9. The standard InChI is InChI=1S/C26H24F6N4S/c1-3-4-5-6-7-16-10-11-37-23(16)21-13-19(20-14-22(36-35-20)26(30,31)32)33-24(34-21)17-9-8-15(2)12-18(17)25(27,28)29/h8-14H,3-7H2,1-2H3,(H,35,36). The molecule has 1 aromatic carbocycles. The molecule has 0 spiro atoms. The highest BCUT2D eigenvalue weighted by atomic mass is 32.1. The number of thiophene rings is 1. The van der Waals surface area contributed by atoms with E-state index < -0.39 is 23.6 Å². The lowest BCUT2D eigenvalue weighted by Crippen LogP contribution is -2.09. The van der Waals surface area contributed by atoms with Crippen molar-refractivity contribution in [3.8, 4) is 33.3 Å². The van der Waals surface area contributed by atoms with Crippen LogP contribution in [0.4, 0.5) is 26.3 Å². The predicted molar refractivity (Wildman–Crippen MR) is 131 cm³/mol.